The van der Waals surface area contributed by atoms with E-state index < -0.39 is 0 Å². The van der Waals surface area contributed by atoms with Crippen LogP contribution in [0.15, 0.2) is 24.4 Å². The number of rotatable bonds is 4. The fourth-order valence-electron chi connectivity index (χ4n) is 2.62. The number of hydrogen-bond acceptors (Lipinski definition) is 6. The third-order valence-electron chi connectivity index (χ3n) is 3.78. The summed E-state index contributed by atoms with van der Waals surface area (Å²) in [5, 5.41) is 6.27. The molecule has 122 valence electrons. The number of aromatic nitrogens is 3. The lowest BCUT2D eigenvalue weighted by Crippen LogP contribution is -2.45. The summed E-state index contributed by atoms with van der Waals surface area (Å²) in [6.45, 7) is 4.58. The summed E-state index contributed by atoms with van der Waals surface area (Å²) >= 11 is 1.19. The Labute approximate surface area is 139 Å². The zero-order chi connectivity index (χ0) is 16.1. The lowest BCUT2D eigenvalue weighted by Gasteiger charge is -2.31. The molecule has 0 spiro atoms. The highest BCUT2D eigenvalue weighted by molar-refractivity contribution is 7.09. The van der Waals surface area contributed by atoms with Crippen LogP contribution in [0.1, 0.15) is 24.4 Å². The Bertz CT molecular complexity index is 638. The molecule has 0 aliphatic carbocycles. The first-order chi connectivity index (χ1) is 11.2. The molecule has 0 unspecified atom stereocenters. The molecule has 0 radical (unpaired) electrons. The summed E-state index contributed by atoms with van der Waals surface area (Å²) in [7, 11) is 0. The van der Waals surface area contributed by atoms with Gasteiger partial charge in [-0.05, 0) is 31.9 Å². The predicted octanol–water partition coefficient (Wildman–Crippen LogP) is 2.03. The van der Waals surface area contributed by atoms with Gasteiger partial charge in [0.25, 0.3) is 0 Å². The molecule has 0 bridgehead atoms. The molecule has 3 heterocycles. The van der Waals surface area contributed by atoms with Gasteiger partial charge < -0.3 is 5.32 Å². The van der Waals surface area contributed by atoms with Gasteiger partial charge in [0, 0.05) is 43.4 Å². The number of likely N-dealkylation sites (tertiary alicyclic amines) is 1. The summed E-state index contributed by atoms with van der Waals surface area (Å²) in [5.41, 5.74) is 1.09. The molecule has 2 aromatic rings. The van der Waals surface area contributed by atoms with Crippen molar-refractivity contribution in [1.82, 2.24) is 24.6 Å². The van der Waals surface area contributed by atoms with Crippen LogP contribution in [-0.4, -0.2) is 44.4 Å². The van der Waals surface area contributed by atoms with Crippen LogP contribution >= 0.6 is 11.5 Å². The molecule has 2 N–H and O–H groups in total. The van der Waals surface area contributed by atoms with E-state index in [4.69, 9.17) is 0 Å². The van der Waals surface area contributed by atoms with E-state index in [-0.39, 0.29) is 12.1 Å². The van der Waals surface area contributed by atoms with Gasteiger partial charge in [0.05, 0.1) is 5.69 Å². The molecule has 1 aliphatic heterocycles. The van der Waals surface area contributed by atoms with Crippen LogP contribution in [0.5, 0.6) is 0 Å². The lowest BCUT2D eigenvalue weighted by atomic mass is 10.1. The van der Waals surface area contributed by atoms with E-state index in [1.54, 1.807) is 6.92 Å². The summed E-state index contributed by atoms with van der Waals surface area (Å²) in [5.74, 6) is 0.674. The Morgan fingerprint density at radius 3 is 2.87 bits per heavy atom. The van der Waals surface area contributed by atoms with Crippen molar-refractivity contribution >= 4 is 22.7 Å². The number of hydrogen-bond donors (Lipinski definition) is 2. The molecule has 0 atom stereocenters. The van der Waals surface area contributed by atoms with Crippen molar-refractivity contribution in [3.8, 4) is 0 Å². The summed E-state index contributed by atoms with van der Waals surface area (Å²) in [4.78, 5) is 22.8. The highest BCUT2D eigenvalue weighted by Crippen LogP contribution is 2.14. The zero-order valence-corrected chi connectivity index (χ0v) is 13.8. The van der Waals surface area contributed by atoms with E-state index in [2.05, 4.69) is 29.9 Å². The molecule has 2 aromatic heterocycles. The van der Waals surface area contributed by atoms with E-state index in [9.17, 15) is 4.79 Å². The minimum Gasteiger partial charge on any atom is -0.335 e. The second kappa shape index (κ2) is 7.47. The van der Waals surface area contributed by atoms with Crippen LogP contribution in [0.4, 0.5) is 9.93 Å². The first kappa shape index (κ1) is 15.8. The second-order valence-electron chi connectivity index (χ2n) is 5.62. The van der Waals surface area contributed by atoms with Crippen LogP contribution in [0, 0.1) is 6.92 Å². The van der Waals surface area contributed by atoms with Crippen LogP contribution in [0.2, 0.25) is 0 Å². The lowest BCUT2D eigenvalue weighted by molar-refractivity contribution is 0.188. The second-order valence-corrected chi connectivity index (χ2v) is 6.37. The molecule has 1 fully saturated rings. The molecular weight excluding hydrogens is 312 g/mol. The van der Waals surface area contributed by atoms with Gasteiger partial charge in [0.2, 0.25) is 5.13 Å². The number of amides is 2. The van der Waals surface area contributed by atoms with E-state index in [1.807, 2.05) is 24.4 Å². The van der Waals surface area contributed by atoms with Gasteiger partial charge in [-0.25, -0.2) is 9.78 Å². The fraction of sp³-hybridized carbons (Fsp3) is 0.467. The van der Waals surface area contributed by atoms with Gasteiger partial charge in [-0.3, -0.25) is 15.2 Å². The van der Waals surface area contributed by atoms with E-state index in [0.29, 0.717) is 11.0 Å². The van der Waals surface area contributed by atoms with E-state index in [0.717, 1.165) is 38.2 Å². The van der Waals surface area contributed by atoms with Crippen molar-refractivity contribution in [3.05, 3.63) is 35.9 Å². The molecule has 8 heteroatoms. The number of carbonyl (C=O) groups is 1. The average Bonchev–Trinajstić information content (AvgIpc) is 2.95. The van der Waals surface area contributed by atoms with Gasteiger partial charge in [-0.2, -0.15) is 4.37 Å². The van der Waals surface area contributed by atoms with Crippen LogP contribution in [0.25, 0.3) is 0 Å². The number of piperidine rings is 1. The highest BCUT2D eigenvalue weighted by atomic mass is 32.1. The summed E-state index contributed by atoms with van der Waals surface area (Å²) in [6, 6.07) is 5.98. The first-order valence-corrected chi connectivity index (χ1v) is 8.46. The molecule has 1 aliphatic rings. The third kappa shape index (κ3) is 4.70. The standard InChI is InChI=1S/C15H20N6OS/c1-11-17-15(23-20-11)19-14(22)18-12-5-8-21(9-6-12)10-13-4-2-3-7-16-13/h2-4,7,12H,5-6,8-10H2,1H3,(H2,17,18,19,20,22). The largest absolute Gasteiger partial charge is 0.335 e. The maximum atomic E-state index is 12.0. The molecule has 0 saturated carbocycles. The van der Waals surface area contributed by atoms with Crippen molar-refractivity contribution in [2.75, 3.05) is 18.4 Å². The topological polar surface area (TPSA) is 83.0 Å². The van der Waals surface area contributed by atoms with Crippen LogP contribution in [-0.2, 0) is 6.54 Å². The van der Waals surface area contributed by atoms with Crippen LogP contribution < -0.4 is 10.6 Å². The quantitative estimate of drug-likeness (QED) is 0.895. The van der Waals surface area contributed by atoms with Crippen molar-refractivity contribution in [3.63, 3.8) is 0 Å². The van der Waals surface area contributed by atoms with Crippen molar-refractivity contribution in [2.24, 2.45) is 0 Å². The maximum Gasteiger partial charge on any atom is 0.321 e. The summed E-state index contributed by atoms with van der Waals surface area (Å²) < 4.78 is 4.04. The summed E-state index contributed by atoms with van der Waals surface area (Å²) in [6.07, 6.45) is 3.70. The number of nitrogens with one attached hydrogen (secondary N) is 2. The highest BCUT2D eigenvalue weighted by Gasteiger charge is 2.21. The Morgan fingerprint density at radius 1 is 1.39 bits per heavy atom. The van der Waals surface area contributed by atoms with Crippen molar-refractivity contribution in [2.45, 2.75) is 32.4 Å². The predicted molar refractivity (Wildman–Crippen MR) is 89.3 cm³/mol. The normalized spacial score (nSPS) is 16.2. The maximum absolute atomic E-state index is 12.0. The first-order valence-electron chi connectivity index (χ1n) is 7.69. The number of anilines is 1. The fourth-order valence-corrected chi connectivity index (χ4v) is 3.19. The van der Waals surface area contributed by atoms with Gasteiger partial charge in [-0.1, -0.05) is 6.07 Å². The van der Waals surface area contributed by atoms with Gasteiger partial charge >= 0.3 is 6.03 Å². The zero-order valence-electron chi connectivity index (χ0n) is 13.0. The van der Waals surface area contributed by atoms with Gasteiger partial charge in [0.1, 0.15) is 5.82 Å². The molecular formula is C15H20N6OS. The minimum absolute atomic E-state index is 0.198. The SMILES string of the molecule is Cc1nsc(NC(=O)NC2CCN(Cc3ccccn3)CC2)n1. The molecule has 23 heavy (non-hydrogen) atoms. The average molecular weight is 332 g/mol. The number of pyridine rings is 1. The number of carbonyl (C=O) groups excluding carboxylic acids is 1. The molecule has 3 rings (SSSR count). The Balaban J connectivity index is 1.41. The Morgan fingerprint density at radius 2 is 2.22 bits per heavy atom. The molecule has 1 saturated heterocycles. The molecule has 7 nitrogen and oxygen atoms in total. The Hall–Kier alpha value is -2.06. The smallest absolute Gasteiger partial charge is 0.321 e. The van der Waals surface area contributed by atoms with Gasteiger partial charge in [-0.15, -0.1) is 0 Å². The minimum atomic E-state index is -0.204. The number of nitrogens with zero attached hydrogens (tertiary/aromatic N) is 4. The van der Waals surface area contributed by atoms with E-state index >= 15 is 0 Å². The van der Waals surface area contributed by atoms with E-state index in [1.165, 1.54) is 11.5 Å². The van der Waals surface area contributed by atoms with Crippen molar-refractivity contribution < 1.29 is 4.79 Å². The van der Waals surface area contributed by atoms with Crippen molar-refractivity contribution in [1.29, 1.82) is 0 Å². The van der Waals surface area contributed by atoms with Crippen LogP contribution in [0.3, 0.4) is 0 Å². The molecule has 0 aromatic carbocycles. The third-order valence-corrected chi connectivity index (χ3v) is 4.50. The number of aryl methyl sites for hydroxylation is 1. The van der Waals surface area contributed by atoms with Gasteiger partial charge in [0.15, 0.2) is 0 Å². The Kier molecular flexibility index (Phi) is 5.14. The molecule has 2 amide bonds. The monoisotopic (exact) mass is 332 g/mol. The number of urea groups is 1.